The third kappa shape index (κ3) is 1.91. The van der Waals surface area contributed by atoms with Crippen LogP contribution in [0, 0.1) is 4.77 Å². The topological polar surface area (TPSA) is 36.9 Å². The lowest BCUT2D eigenvalue weighted by Gasteiger charge is -2.18. The molecule has 1 rings (SSSR count). The molecule has 0 aliphatic heterocycles. The van der Waals surface area contributed by atoms with Crippen LogP contribution in [0.3, 0.4) is 0 Å². The van der Waals surface area contributed by atoms with Crippen LogP contribution in [-0.2, 0) is 0 Å². The number of hydrogen-bond acceptors (Lipinski definition) is 3. The molecule has 0 unspecified atom stereocenters. The van der Waals surface area contributed by atoms with E-state index in [1.54, 1.807) is 0 Å². The predicted octanol–water partition coefficient (Wildman–Crippen LogP) is 1.98. The van der Waals surface area contributed by atoms with Gasteiger partial charge in [0.05, 0.1) is 0 Å². The maximum Gasteiger partial charge on any atom is 0.225 e. The van der Waals surface area contributed by atoms with Crippen molar-refractivity contribution < 1.29 is 0 Å². The fourth-order valence-corrected chi connectivity index (χ4v) is 1.51. The van der Waals surface area contributed by atoms with Crippen molar-refractivity contribution in [3.8, 4) is 0 Å². The summed E-state index contributed by atoms with van der Waals surface area (Å²) in [5, 5.41) is 6.99. The number of rotatable bonds is 3. The van der Waals surface area contributed by atoms with E-state index < -0.39 is 0 Å². The van der Waals surface area contributed by atoms with Gasteiger partial charge in [0.25, 0.3) is 0 Å². The largest absolute Gasteiger partial charge is 0.344 e. The Balaban J connectivity index is 3.15. The van der Waals surface area contributed by atoms with Crippen LogP contribution in [0.25, 0.3) is 0 Å². The van der Waals surface area contributed by atoms with Crippen LogP contribution in [0.4, 0.5) is 5.95 Å². The first-order valence-corrected chi connectivity index (χ1v) is 4.86. The van der Waals surface area contributed by atoms with Gasteiger partial charge >= 0.3 is 0 Å². The van der Waals surface area contributed by atoms with Gasteiger partial charge in [-0.2, -0.15) is 0 Å². The Morgan fingerprint density at radius 1 is 1.62 bits per heavy atom. The Hall–Kier alpha value is -0.840. The Kier molecular flexibility index (Phi) is 3.08. The number of nitrogens with one attached hydrogen (secondary N) is 1. The molecule has 0 spiro atoms. The fourth-order valence-electron chi connectivity index (χ4n) is 1.17. The van der Waals surface area contributed by atoms with Gasteiger partial charge in [-0.25, -0.2) is 5.10 Å². The highest BCUT2D eigenvalue weighted by atomic mass is 32.1. The average molecular weight is 200 g/mol. The van der Waals surface area contributed by atoms with Crippen molar-refractivity contribution in [2.45, 2.75) is 26.8 Å². The average Bonchev–Trinajstić information content (AvgIpc) is 2.45. The number of anilines is 1. The molecule has 0 aliphatic rings. The van der Waals surface area contributed by atoms with Crippen LogP contribution in [-0.4, -0.2) is 28.4 Å². The molecule has 5 heteroatoms. The van der Waals surface area contributed by atoms with Crippen molar-refractivity contribution in [1.29, 1.82) is 0 Å². The number of aromatic amines is 1. The molecule has 4 nitrogen and oxygen atoms in total. The smallest absolute Gasteiger partial charge is 0.225 e. The quantitative estimate of drug-likeness (QED) is 0.758. The lowest BCUT2D eigenvalue weighted by atomic mass is 10.4. The minimum absolute atomic E-state index is 0.343. The van der Waals surface area contributed by atoms with Crippen molar-refractivity contribution in [3.63, 3.8) is 0 Å². The molecule has 13 heavy (non-hydrogen) atoms. The molecule has 0 fully saturated rings. The summed E-state index contributed by atoms with van der Waals surface area (Å²) >= 11 is 5.13. The Labute approximate surface area is 83.6 Å². The highest BCUT2D eigenvalue weighted by molar-refractivity contribution is 7.71. The van der Waals surface area contributed by atoms with E-state index in [0.717, 1.165) is 12.5 Å². The minimum Gasteiger partial charge on any atom is -0.344 e. The summed E-state index contributed by atoms with van der Waals surface area (Å²) in [6.45, 7) is 7.20. The van der Waals surface area contributed by atoms with E-state index in [9.17, 15) is 0 Å². The third-order valence-electron chi connectivity index (χ3n) is 2.02. The van der Waals surface area contributed by atoms with Gasteiger partial charge in [0, 0.05) is 19.6 Å². The second-order valence-corrected chi connectivity index (χ2v) is 3.69. The van der Waals surface area contributed by atoms with Crippen LogP contribution in [0.5, 0.6) is 0 Å². The molecule has 0 atom stereocenters. The van der Waals surface area contributed by atoms with Gasteiger partial charge in [0.1, 0.15) is 0 Å². The molecule has 0 aliphatic carbocycles. The van der Waals surface area contributed by atoms with E-state index in [0.29, 0.717) is 10.8 Å². The molecule has 1 N–H and O–H groups in total. The molecular weight excluding hydrogens is 184 g/mol. The Bertz CT molecular complexity index is 325. The SMILES string of the molecule is CCN(C)c1n[nH]c(=S)n1C(C)C. The molecule has 0 saturated carbocycles. The molecule has 74 valence electrons. The van der Waals surface area contributed by atoms with Crippen molar-refractivity contribution in [2.24, 2.45) is 0 Å². The van der Waals surface area contributed by atoms with E-state index in [1.807, 2.05) is 11.6 Å². The summed E-state index contributed by atoms with van der Waals surface area (Å²) in [6, 6.07) is 0.343. The minimum atomic E-state index is 0.343. The molecule has 0 bridgehead atoms. The van der Waals surface area contributed by atoms with E-state index in [4.69, 9.17) is 12.2 Å². The molecular formula is C8H16N4S. The highest BCUT2D eigenvalue weighted by Crippen LogP contribution is 2.15. The van der Waals surface area contributed by atoms with Crippen LogP contribution < -0.4 is 4.90 Å². The normalized spacial score (nSPS) is 10.8. The van der Waals surface area contributed by atoms with Crippen molar-refractivity contribution in [1.82, 2.24) is 14.8 Å². The van der Waals surface area contributed by atoms with Crippen LogP contribution in [0.1, 0.15) is 26.8 Å². The first-order chi connectivity index (χ1) is 6.07. The number of H-pyrrole nitrogens is 1. The third-order valence-corrected chi connectivity index (χ3v) is 2.31. The Morgan fingerprint density at radius 3 is 2.69 bits per heavy atom. The van der Waals surface area contributed by atoms with E-state index in [-0.39, 0.29) is 0 Å². The van der Waals surface area contributed by atoms with Gasteiger partial charge < -0.3 is 4.90 Å². The lowest BCUT2D eigenvalue weighted by Crippen LogP contribution is -2.21. The maximum absolute atomic E-state index is 5.13. The lowest BCUT2D eigenvalue weighted by molar-refractivity contribution is 0.585. The zero-order valence-corrected chi connectivity index (χ0v) is 9.35. The van der Waals surface area contributed by atoms with Crippen molar-refractivity contribution >= 4 is 18.2 Å². The monoisotopic (exact) mass is 200 g/mol. The van der Waals surface area contributed by atoms with Gasteiger partial charge in [0.2, 0.25) is 5.95 Å². The van der Waals surface area contributed by atoms with E-state index >= 15 is 0 Å². The van der Waals surface area contributed by atoms with E-state index in [1.165, 1.54) is 0 Å². The molecule has 0 aromatic carbocycles. The van der Waals surface area contributed by atoms with Crippen LogP contribution >= 0.6 is 12.2 Å². The summed E-state index contributed by atoms with van der Waals surface area (Å²) in [5.41, 5.74) is 0. The van der Waals surface area contributed by atoms with Gasteiger partial charge in [-0.15, -0.1) is 5.10 Å². The molecule has 0 saturated heterocycles. The van der Waals surface area contributed by atoms with Gasteiger partial charge in [0.15, 0.2) is 4.77 Å². The van der Waals surface area contributed by atoms with Crippen molar-refractivity contribution in [3.05, 3.63) is 4.77 Å². The van der Waals surface area contributed by atoms with Gasteiger partial charge in [-0.05, 0) is 33.0 Å². The Morgan fingerprint density at radius 2 is 2.23 bits per heavy atom. The fraction of sp³-hybridized carbons (Fsp3) is 0.750. The first kappa shape index (κ1) is 10.2. The molecule has 1 aromatic heterocycles. The van der Waals surface area contributed by atoms with Crippen molar-refractivity contribution in [2.75, 3.05) is 18.5 Å². The standard InChI is InChI=1S/C8H16N4S/c1-5-11(4)7-9-10-8(13)12(7)6(2)3/h6H,5H2,1-4H3,(H,10,13). The van der Waals surface area contributed by atoms with E-state index in [2.05, 4.69) is 35.9 Å². The van der Waals surface area contributed by atoms with Crippen LogP contribution in [0.2, 0.25) is 0 Å². The predicted molar refractivity (Wildman–Crippen MR) is 56.7 cm³/mol. The molecule has 0 amide bonds. The summed E-state index contributed by atoms with van der Waals surface area (Å²) in [5.74, 6) is 0.905. The number of hydrogen-bond donors (Lipinski definition) is 1. The summed E-state index contributed by atoms with van der Waals surface area (Å²) < 4.78 is 2.70. The number of aromatic nitrogens is 3. The summed E-state index contributed by atoms with van der Waals surface area (Å²) in [6.07, 6.45) is 0. The second-order valence-electron chi connectivity index (χ2n) is 3.31. The summed E-state index contributed by atoms with van der Waals surface area (Å²) in [7, 11) is 2.00. The zero-order chi connectivity index (χ0) is 10.0. The van der Waals surface area contributed by atoms with Crippen LogP contribution in [0.15, 0.2) is 0 Å². The molecule has 0 radical (unpaired) electrons. The maximum atomic E-state index is 5.13. The zero-order valence-electron chi connectivity index (χ0n) is 8.53. The second kappa shape index (κ2) is 3.91. The summed E-state index contributed by atoms with van der Waals surface area (Å²) in [4.78, 5) is 2.06. The van der Waals surface area contributed by atoms with Gasteiger partial charge in [-0.3, -0.25) is 4.57 Å². The highest BCUT2D eigenvalue weighted by Gasteiger charge is 2.11. The molecule has 1 aromatic rings. The molecule has 1 heterocycles. The van der Waals surface area contributed by atoms with Gasteiger partial charge in [-0.1, -0.05) is 0 Å². The first-order valence-electron chi connectivity index (χ1n) is 4.46. The number of nitrogens with zero attached hydrogens (tertiary/aromatic N) is 3.